The third kappa shape index (κ3) is 1.68. The molecular weight excluding hydrogens is 212 g/mol. The summed E-state index contributed by atoms with van der Waals surface area (Å²) in [5.41, 5.74) is -0.146. The highest BCUT2D eigenvalue weighted by molar-refractivity contribution is 5.82. The molecule has 0 bridgehead atoms. The lowest BCUT2D eigenvalue weighted by Gasteiger charge is -2.40. The van der Waals surface area contributed by atoms with Gasteiger partial charge in [0.05, 0.1) is 11.7 Å². The number of fused-ring (bicyclic) bond motifs is 1. The number of ketones is 1. The molecule has 1 saturated carbocycles. The molecule has 98 valence electrons. The fourth-order valence-electron chi connectivity index (χ4n) is 3.48. The van der Waals surface area contributed by atoms with E-state index < -0.39 is 0 Å². The van der Waals surface area contributed by atoms with E-state index in [1.807, 2.05) is 13.8 Å². The number of carbonyl (C=O) groups excluding carboxylic acids is 1. The van der Waals surface area contributed by atoms with Gasteiger partial charge in [0, 0.05) is 5.41 Å². The lowest BCUT2D eigenvalue weighted by Crippen LogP contribution is -2.44. The van der Waals surface area contributed by atoms with E-state index in [0.717, 1.165) is 6.42 Å². The van der Waals surface area contributed by atoms with Crippen molar-refractivity contribution in [3.63, 3.8) is 0 Å². The lowest BCUT2D eigenvalue weighted by molar-refractivity contribution is -0.148. The number of hydrogen-bond donors (Lipinski definition) is 0. The molecule has 2 fully saturated rings. The van der Waals surface area contributed by atoms with Crippen molar-refractivity contribution < 1.29 is 9.53 Å². The Morgan fingerprint density at radius 1 is 1.29 bits per heavy atom. The van der Waals surface area contributed by atoms with Crippen LogP contribution in [0, 0.1) is 16.7 Å². The summed E-state index contributed by atoms with van der Waals surface area (Å²) in [5, 5.41) is 0. The van der Waals surface area contributed by atoms with Crippen molar-refractivity contribution in [1.29, 1.82) is 0 Å². The van der Waals surface area contributed by atoms with Crippen molar-refractivity contribution >= 4 is 5.78 Å². The van der Waals surface area contributed by atoms with E-state index in [-0.39, 0.29) is 28.3 Å². The van der Waals surface area contributed by atoms with Gasteiger partial charge in [-0.3, -0.25) is 4.79 Å². The maximum Gasteiger partial charge on any atom is 0.138 e. The van der Waals surface area contributed by atoms with Crippen LogP contribution in [0.2, 0.25) is 0 Å². The predicted molar refractivity (Wildman–Crippen MR) is 68.9 cm³/mol. The zero-order valence-electron chi connectivity index (χ0n) is 12.1. The van der Waals surface area contributed by atoms with E-state index in [4.69, 9.17) is 4.74 Å². The van der Waals surface area contributed by atoms with Crippen LogP contribution in [-0.4, -0.2) is 17.5 Å². The predicted octanol–water partition coefficient (Wildman–Crippen LogP) is 3.59. The van der Waals surface area contributed by atoms with Crippen molar-refractivity contribution in [2.24, 2.45) is 16.7 Å². The summed E-state index contributed by atoms with van der Waals surface area (Å²) < 4.78 is 6.39. The van der Waals surface area contributed by atoms with Gasteiger partial charge in [0.15, 0.2) is 0 Å². The maximum atomic E-state index is 11.8. The highest BCUT2D eigenvalue weighted by Crippen LogP contribution is 2.59. The van der Waals surface area contributed by atoms with Crippen LogP contribution in [0.25, 0.3) is 0 Å². The summed E-state index contributed by atoms with van der Waals surface area (Å²) in [6, 6.07) is 0. The number of rotatable bonds is 2. The van der Waals surface area contributed by atoms with Crippen molar-refractivity contribution in [2.45, 2.75) is 72.5 Å². The Bertz CT molecular complexity index is 343. The smallest absolute Gasteiger partial charge is 0.138 e. The van der Waals surface area contributed by atoms with E-state index in [1.165, 1.54) is 12.8 Å². The minimum absolute atomic E-state index is 0.0373. The number of Topliss-reactive ketones (excluding diaryl/α,β-unsaturated/α-hetero) is 1. The second-order valence-corrected chi connectivity index (χ2v) is 7.35. The molecule has 0 aromatic heterocycles. The van der Waals surface area contributed by atoms with Gasteiger partial charge in [0.2, 0.25) is 0 Å². The molecule has 2 aliphatic rings. The molecule has 0 aromatic carbocycles. The van der Waals surface area contributed by atoms with Gasteiger partial charge >= 0.3 is 0 Å². The number of ether oxygens (including phenoxy) is 1. The number of carbonyl (C=O) groups is 1. The summed E-state index contributed by atoms with van der Waals surface area (Å²) in [4.78, 5) is 11.8. The Hall–Kier alpha value is -0.370. The Kier molecular flexibility index (Phi) is 2.74. The Morgan fingerprint density at radius 2 is 1.88 bits per heavy atom. The normalized spacial score (nSPS) is 40.4. The molecule has 2 nitrogen and oxygen atoms in total. The van der Waals surface area contributed by atoms with Gasteiger partial charge in [-0.1, -0.05) is 27.7 Å². The summed E-state index contributed by atoms with van der Waals surface area (Å²) in [6.45, 7) is 12.6. The SMILES string of the molecule is CC(=O)C(C)(C)[C@H]1C[C@@H]2CCC(C)(C)[C@]2(C)O1. The summed E-state index contributed by atoms with van der Waals surface area (Å²) in [5.74, 6) is 0.866. The molecule has 0 radical (unpaired) electrons. The standard InChI is InChI=1S/C15H26O2/c1-10(16)14(4,5)12-9-11-7-8-13(2,3)15(11,6)17-12/h11-12H,7-9H2,1-6H3/t11-,12+,15+/m0/s1. The van der Waals surface area contributed by atoms with E-state index in [0.29, 0.717) is 5.92 Å². The van der Waals surface area contributed by atoms with E-state index in [9.17, 15) is 4.79 Å². The molecule has 1 aliphatic heterocycles. The summed E-state index contributed by atoms with van der Waals surface area (Å²) in [6.07, 6.45) is 3.62. The number of hydrogen-bond acceptors (Lipinski definition) is 2. The molecule has 17 heavy (non-hydrogen) atoms. The molecule has 1 heterocycles. The first-order valence-electron chi connectivity index (χ1n) is 6.80. The Morgan fingerprint density at radius 3 is 2.35 bits per heavy atom. The largest absolute Gasteiger partial charge is 0.370 e. The fraction of sp³-hybridized carbons (Fsp3) is 0.933. The highest BCUT2D eigenvalue weighted by Gasteiger charge is 2.60. The first kappa shape index (κ1) is 13.1. The van der Waals surface area contributed by atoms with E-state index in [2.05, 4.69) is 20.8 Å². The third-order valence-corrected chi connectivity index (χ3v) is 5.84. The van der Waals surface area contributed by atoms with Gasteiger partial charge in [-0.05, 0) is 44.4 Å². The van der Waals surface area contributed by atoms with Gasteiger partial charge < -0.3 is 4.74 Å². The molecule has 1 saturated heterocycles. The van der Waals surface area contributed by atoms with Crippen molar-refractivity contribution in [3.05, 3.63) is 0 Å². The van der Waals surface area contributed by atoms with Crippen LogP contribution < -0.4 is 0 Å². The van der Waals surface area contributed by atoms with Gasteiger partial charge in [-0.2, -0.15) is 0 Å². The van der Waals surface area contributed by atoms with E-state index >= 15 is 0 Å². The van der Waals surface area contributed by atoms with Gasteiger partial charge in [-0.25, -0.2) is 0 Å². The molecule has 3 atom stereocenters. The van der Waals surface area contributed by atoms with Crippen LogP contribution in [0.5, 0.6) is 0 Å². The molecular formula is C15H26O2. The van der Waals surface area contributed by atoms with Crippen LogP contribution >= 0.6 is 0 Å². The minimum Gasteiger partial charge on any atom is -0.370 e. The lowest BCUT2D eigenvalue weighted by atomic mass is 9.75. The molecule has 2 heteroatoms. The Labute approximate surface area is 105 Å². The van der Waals surface area contributed by atoms with Crippen molar-refractivity contribution in [1.82, 2.24) is 0 Å². The molecule has 0 unspecified atom stereocenters. The van der Waals surface area contributed by atoms with Crippen LogP contribution in [0.1, 0.15) is 60.8 Å². The maximum absolute atomic E-state index is 11.8. The summed E-state index contributed by atoms with van der Waals surface area (Å²) in [7, 11) is 0. The highest BCUT2D eigenvalue weighted by atomic mass is 16.5. The molecule has 0 N–H and O–H groups in total. The second kappa shape index (κ2) is 3.57. The van der Waals surface area contributed by atoms with Crippen LogP contribution in [0.4, 0.5) is 0 Å². The molecule has 2 rings (SSSR count). The molecule has 0 aromatic rings. The van der Waals surface area contributed by atoms with Crippen LogP contribution in [0.15, 0.2) is 0 Å². The first-order chi connectivity index (χ1) is 7.61. The molecule has 0 amide bonds. The van der Waals surface area contributed by atoms with Gasteiger partial charge in [0.25, 0.3) is 0 Å². The monoisotopic (exact) mass is 238 g/mol. The van der Waals surface area contributed by atoms with Gasteiger partial charge in [0.1, 0.15) is 5.78 Å². The van der Waals surface area contributed by atoms with Crippen LogP contribution in [0.3, 0.4) is 0 Å². The average molecular weight is 238 g/mol. The van der Waals surface area contributed by atoms with Crippen LogP contribution in [-0.2, 0) is 9.53 Å². The quantitative estimate of drug-likeness (QED) is 0.735. The first-order valence-corrected chi connectivity index (χ1v) is 6.80. The zero-order chi connectivity index (χ0) is 13.1. The topological polar surface area (TPSA) is 26.3 Å². The van der Waals surface area contributed by atoms with Gasteiger partial charge in [-0.15, -0.1) is 0 Å². The minimum atomic E-state index is -0.344. The van der Waals surface area contributed by atoms with Crippen molar-refractivity contribution in [2.75, 3.05) is 0 Å². The fourth-order valence-corrected chi connectivity index (χ4v) is 3.48. The third-order valence-electron chi connectivity index (χ3n) is 5.84. The second-order valence-electron chi connectivity index (χ2n) is 7.35. The van der Waals surface area contributed by atoms with Crippen molar-refractivity contribution in [3.8, 4) is 0 Å². The molecule has 1 aliphatic carbocycles. The average Bonchev–Trinajstić information content (AvgIpc) is 2.63. The van der Waals surface area contributed by atoms with E-state index in [1.54, 1.807) is 6.92 Å². The Balaban J connectivity index is 2.24. The summed E-state index contributed by atoms with van der Waals surface area (Å²) >= 11 is 0. The molecule has 0 spiro atoms. The zero-order valence-corrected chi connectivity index (χ0v) is 12.1.